The largest absolute Gasteiger partial charge is 0.319 e. The summed E-state index contributed by atoms with van der Waals surface area (Å²) in [6, 6.07) is 22.2. The molecule has 1 amide bonds. The summed E-state index contributed by atoms with van der Waals surface area (Å²) in [6.45, 7) is 0. The molecule has 0 atom stereocenters. The minimum Gasteiger partial charge on any atom is -0.319 e. The zero-order valence-electron chi connectivity index (χ0n) is 14.8. The molecule has 0 radical (unpaired) electrons. The maximum Gasteiger partial charge on any atom is 0.295 e. The third kappa shape index (κ3) is 4.58. The number of carbonyl (C=O) groups excluding carboxylic acids is 1. The Morgan fingerprint density at radius 1 is 0.862 bits per heavy atom. The number of rotatable bonds is 4. The molecule has 1 heterocycles. The van der Waals surface area contributed by atoms with E-state index < -0.39 is 5.91 Å². The highest BCUT2D eigenvalue weighted by Crippen LogP contribution is 2.24. The van der Waals surface area contributed by atoms with Gasteiger partial charge in [0.2, 0.25) is 5.82 Å². The van der Waals surface area contributed by atoms with Crippen molar-refractivity contribution >= 4 is 55.1 Å². The molecule has 0 bridgehead atoms. The first-order chi connectivity index (χ1) is 14.0. The van der Waals surface area contributed by atoms with Gasteiger partial charge in [0.05, 0.1) is 5.69 Å². The fraction of sp³-hybridized carbons (Fsp3) is 0. The van der Waals surface area contributed by atoms with Crippen LogP contribution < -0.4 is 5.32 Å². The molecule has 1 aromatic heterocycles. The molecule has 0 unspecified atom stereocenters. The van der Waals surface area contributed by atoms with Gasteiger partial charge in [-0.05, 0) is 60.7 Å². The van der Waals surface area contributed by atoms with Crippen molar-refractivity contribution in [2.24, 2.45) is 0 Å². The van der Waals surface area contributed by atoms with E-state index in [1.165, 1.54) is 0 Å². The molecular weight excluding hydrogens is 520 g/mol. The lowest BCUT2D eigenvalue weighted by Gasteiger charge is -2.06. The van der Waals surface area contributed by atoms with Crippen LogP contribution in [0.2, 0.25) is 5.02 Å². The Balaban J connectivity index is 1.74. The number of benzene rings is 3. The van der Waals surface area contributed by atoms with Crippen LogP contribution in [0.4, 0.5) is 5.69 Å². The van der Waals surface area contributed by atoms with Crippen molar-refractivity contribution in [1.29, 1.82) is 0 Å². The molecule has 0 saturated carbocycles. The summed E-state index contributed by atoms with van der Waals surface area (Å²) in [4.78, 5) is 17.2. The van der Waals surface area contributed by atoms with Crippen LogP contribution >= 0.6 is 43.5 Å². The van der Waals surface area contributed by atoms with Gasteiger partial charge in [-0.2, -0.15) is 0 Å². The van der Waals surface area contributed by atoms with Crippen molar-refractivity contribution in [1.82, 2.24) is 14.8 Å². The molecule has 0 saturated heterocycles. The highest BCUT2D eigenvalue weighted by molar-refractivity contribution is 9.10. The van der Waals surface area contributed by atoms with Crippen LogP contribution in [0, 0.1) is 0 Å². The highest BCUT2D eigenvalue weighted by atomic mass is 79.9. The molecule has 4 aromatic rings. The first kappa shape index (κ1) is 19.8. The average molecular weight is 533 g/mol. The molecule has 0 fully saturated rings. The van der Waals surface area contributed by atoms with E-state index in [2.05, 4.69) is 47.3 Å². The van der Waals surface area contributed by atoms with Crippen molar-refractivity contribution in [2.45, 2.75) is 0 Å². The summed E-state index contributed by atoms with van der Waals surface area (Å²) in [6.07, 6.45) is 0. The quantitative estimate of drug-likeness (QED) is 0.333. The average Bonchev–Trinajstić information content (AvgIpc) is 3.16. The Hall–Kier alpha value is -2.48. The van der Waals surface area contributed by atoms with Gasteiger partial charge < -0.3 is 5.32 Å². The fourth-order valence-electron chi connectivity index (χ4n) is 2.68. The van der Waals surface area contributed by atoms with Gasteiger partial charge in [0.25, 0.3) is 5.91 Å². The molecule has 0 aliphatic rings. The van der Waals surface area contributed by atoms with E-state index in [1.54, 1.807) is 28.9 Å². The Bertz CT molecular complexity index is 1090. The number of aromatic nitrogens is 3. The normalized spacial score (nSPS) is 10.7. The molecule has 1 N–H and O–H groups in total. The summed E-state index contributed by atoms with van der Waals surface area (Å²) in [5, 5.41) is 7.85. The molecule has 4 rings (SSSR count). The van der Waals surface area contributed by atoms with Crippen LogP contribution in [0.15, 0.2) is 81.7 Å². The monoisotopic (exact) mass is 530 g/mol. The number of nitrogens with zero attached hydrogens (tertiary/aromatic N) is 3. The van der Waals surface area contributed by atoms with E-state index in [0.29, 0.717) is 16.5 Å². The van der Waals surface area contributed by atoms with Crippen molar-refractivity contribution < 1.29 is 4.79 Å². The first-order valence-corrected chi connectivity index (χ1v) is 10.5. The summed E-state index contributed by atoms with van der Waals surface area (Å²) in [5.41, 5.74) is 2.25. The molecule has 0 aliphatic carbocycles. The lowest BCUT2D eigenvalue weighted by Crippen LogP contribution is -2.14. The van der Waals surface area contributed by atoms with Gasteiger partial charge in [0.1, 0.15) is 0 Å². The number of hydrogen-bond acceptors (Lipinski definition) is 3. The number of hydrogen-bond donors (Lipinski definition) is 1. The minimum absolute atomic E-state index is 0.0702. The van der Waals surface area contributed by atoms with E-state index in [0.717, 1.165) is 20.2 Å². The van der Waals surface area contributed by atoms with E-state index in [9.17, 15) is 4.79 Å². The summed E-state index contributed by atoms with van der Waals surface area (Å²) < 4.78 is 3.57. The smallest absolute Gasteiger partial charge is 0.295 e. The predicted octanol–water partition coefficient (Wildman–Crippen LogP) is 6.37. The van der Waals surface area contributed by atoms with Gasteiger partial charge in [-0.3, -0.25) is 4.79 Å². The van der Waals surface area contributed by atoms with Gasteiger partial charge in [-0.1, -0.05) is 55.6 Å². The Morgan fingerprint density at radius 3 is 2.07 bits per heavy atom. The van der Waals surface area contributed by atoms with Gasteiger partial charge in [0.15, 0.2) is 5.82 Å². The lowest BCUT2D eigenvalue weighted by molar-refractivity contribution is 0.101. The van der Waals surface area contributed by atoms with Crippen LogP contribution in [-0.2, 0) is 0 Å². The van der Waals surface area contributed by atoms with Crippen molar-refractivity contribution in [2.75, 3.05) is 5.32 Å². The molecule has 144 valence electrons. The Labute approximate surface area is 189 Å². The molecule has 29 heavy (non-hydrogen) atoms. The number of anilines is 1. The second-order valence-electron chi connectivity index (χ2n) is 6.12. The molecule has 5 nitrogen and oxygen atoms in total. The maximum atomic E-state index is 12.7. The van der Waals surface area contributed by atoms with Gasteiger partial charge in [-0.25, -0.2) is 9.67 Å². The number of nitrogens with one attached hydrogen (secondary N) is 1. The maximum absolute atomic E-state index is 12.7. The van der Waals surface area contributed by atoms with E-state index in [1.807, 2.05) is 48.5 Å². The summed E-state index contributed by atoms with van der Waals surface area (Å²) >= 11 is 12.8. The van der Waals surface area contributed by atoms with Gasteiger partial charge in [-0.15, -0.1) is 5.10 Å². The second kappa shape index (κ2) is 8.49. The SMILES string of the molecule is O=C(Nc1ccc(Cl)cc1)c1nc(-c2ccc(Br)cc2)n(-c2ccc(Br)cc2)n1. The van der Waals surface area contributed by atoms with Gasteiger partial charge in [0, 0.05) is 25.2 Å². The molecule has 8 heteroatoms. The zero-order chi connectivity index (χ0) is 20.4. The van der Waals surface area contributed by atoms with Crippen LogP contribution in [0.3, 0.4) is 0 Å². The second-order valence-corrected chi connectivity index (χ2v) is 8.38. The third-order valence-corrected chi connectivity index (χ3v) is 5.40. The lowest BCUT2D eigenvalue weighted by atomic mass is 10.2. The Kier molecular flexibility index (Phi) is 5.80. The standard InChI is InChI=1S/C21H13Br2ClN4O/c22-14-3-1-13(2-4-14)20-26-19(21(29)25-17-9-7-16(24)8-10-17)27-28(20)18-11-5-15(23)6-12-18/h1-12H,(H,25,29). The first-order valence-electron chi connectivity index (χ1n) is 8.55. The Morgan fingerprint density at radius 2 is 1.45 bits per heavy atom. The molecule has 3 aromatic carbocycles. The fourth-order valence-corrected chi connectivity index (χ4v) is 3.33. The van der Waals surface area contributed by atoms with Gasteiger partial charge >= 0.3 is 0 Å². The third-order valence-electron chi connectivity index (χ3n) is 4.09. The van der Waals surface area contributed by atoms with E-state index in [4.69, 9.17) is 11.6 Å². The van der Waals surface area contributed by atoms with E-state index >= 15 is 0 Å². The van der Waals surface area contributed by atoms with Crippen LogP contribution in [0.1, 0.15) is 10.6 Å². The van der Waals surface area contributed by atoms with Crippen molar-refractivity contribution in [3.8, 4) is 17.1 Å². The molecule has 0 spiro atoms. The molecular formula is C21H13Br2ClN4O. The predicted molar refractivity (Wildman–Crippen MR) is 122 cm³/mol. The topological polar surface area (TPSA) is 59.8 Å². The number of carbonyl (C=O) groups is 1. The summed E-state index contributed by atoms with van der Waals surface area (Å²) in [7, 11) is 0. The number of amides is 1. The van der Waals surface area contributed by atoms with Crippen LogP contribution in [0.25, 0.3) is 17.1 Å². The summed E-state index contributed by atoms with van der Waals surface area (Å²) in [5.74, 6) is 0.239. The number of halogens is 3. The van der Waals surface area contributed by atoms with Crippen LogP contribution in [-0.4, -0.2) is 20.7 Å². The van der Waals surface area contributed by atoms with Crippen molar-refractivity contribution in [3.63, 3.8) is 0 Å². The van der Waals surface area contributed by atoms with E-state index in [-0.39, 0.29) is 5.82 Å². The van der Waals surface area contributed by atoms with Crippen molar-refractivity contribution in [3.05, 3.63) is 92.6 Å². The highest BCUT2D eigenvalue weighted by Gasteiger charge is 2.19. The minimum atomic E-state index is -0.401. The van der Waals surface area contributed by atoms with Crippen LogP contribution in [0.5, 0.6) is 0 Å². The zero-order valence-corrected chi connectivity index (χ0v) is 18.7. The molecule has 0 aliphatic heterocycles.